The third-order valence-corrected chi connectivity index (χ3v) is 5.31. The lowest BCUT2D eigenvalue weighted by atomic mass is 10.1. The number of halogens is 1. The number of thiazole rings is 1. The summed E-state index contributed by atoms with van der Waals surface area (Å²) >= 11 is 8.05. The molecule has 0 unspecified atom stereocenters. The van der Waals surface area contributed by atoms with E-state index in [-0.39, 0.29) is 0 Å². The molecule has 6 heteroatoms. The number of nitrogens with zero attached hydrogens (tertiary/aromatic N) is 4. The molecule has 0 radical (unpaired) electrons. The van der Waals surface area contributed by atoms with Crippen LogP contribution in [-0.4, -0.2) is 68.1 Å². The molecule has 0 spiro atoms. The van der Waals surface area contributed by atoms with Gasteiger partial charge in [-0.25, -0.2) is 4.98 Å². The Kier molecular flexibility index (Phi) is 4.31. The molecular weight excluding hydrogens is 292 g/mol. The van der Waals surface area contributed by atoms with E-state index in [9.17, 15) is 0 Å². The summed E-state index contributed by atoms with van der Waals surface area (Å²) in [4.78, 5) is 11.8. The molecule has 1 aromatic heterocycles. The van der Waals surface area contributed by atoms with Crippen molar-refractivity contribution in [2.45, 2.75) is 6.42 Å². The molecule has 0 amide bonds. The van der Waals surface area contributed by atoms with Crippen LogP contribution in [0.25, 0.3) is 5.57 Å². The van der Waals surface area contributed by atoms with Crippen LogP contribution in [0.3, 0.4) is 0 Å². The monoisotopic (exact) mass is 312 g/mol. The fraction of sp³-hybridized carbons (Fsp3) is 0.643. The lowest BCUT2D eigenvalue weighted by Crippen LogP contribution is -2.44. The first-order valence-corrected chi connectivity index (χ1v) is 8.30. The Morgan fingerprint density at radius 3 is 2.55 bits per heavy atom. The predicted octanol–water partition coefficient (Wildman–Crippen LogP) is 2.27. The molecule has 20 heavy (non-hydrogen) atoms. The first kappa shape index (κ1) is 14.3. The fourth-order valence-corrected chi connectivity index (χ4v) is 3.94. The van der Waals surface area contributed by atoms with Crippen LogP contribution in [0.1, 0.15) is 12.1 Å². The van der Waals surface area contributed by atoms with E-state index in [2.05, 4.69) is 34.9 Å². The Labute approximate surface area is 129 Å². The van der Waals surface area contributed by atoms with Crippen molar-refractivity contribution in [3.8, 4) is 0 Å². The van der Waals surface area contributed by atoms with Crippen molar-refractivity contribution < 1.29 is 0 Å². The molecule has 0 atom stereocenters. The van der Waals surface area contributed by atoms with Gasteiger partial charge in [-0.05, 0) is 26.1 Å². The van der Waals surface area contributed by atoms with Gasteiger partial charge < -0.3 is 14.7 Å². The summed E-state index contributed by atoms with van der Waals surface area (Å²) < 4.78 is 0.834. The van der Waals surface area contributed by atoms with Gasteiger partial charge in [-0.3, -0.25) is 0 Å². The van der Waals surface area contributed by atoms with E-state index >= 15 is 0 Å². The van der Waals surface area contributed by atoms with Crippen LogP contribution in [0.5, 0.6) is 0 Å². The summed E-state index contributed by atoms with van der Waals surface area (Å²) in [6.45, 7) is 6.34. The summed E-state index contributed by atoms with van der Waals surface area (Å²) in [6, 6.07) is 0. The second-order valence-electron chi connectivity index (χ2n) is 5.66. The molecule has 0 N–H and O–H groups in total. The molecule has 2 aliphatic rings. The van der Waals surface area contributed by atoms with Gasteiger partial charge in [-0.1, -0.05) is 29.0 Å². The molecule has 1 fully saturated rings. The van der Waals surface area contributed by atoms with Gasteiger partial charge in [0.05, 0.1) is 5.69 Å². The van der Waals surface area contributed by atoms with Gasteiger partial charge >= 0.3 is 0 Å². The molecule has 3 heterocycles. The minimum Gasteiger partial charge on any atom is -0.345 e. The van der Waals surface area contributed by atoms with Crippen LogP contribution in [-0.2, 0) is 0 Å². The standard InChI is InChI=1S/C14H21ClN4S/c1-17-6-8-19(9-7-17)14-16-12(13(15)20-14)11-4-3-5-18(2)10-11/h4H,3,5-10H2,1-2H3. The van der Waals surface area contributed by atoms with Crippen LogP contribution in [0.2, 0.25) is 4.34 Å². The average molecular weight is 313 g/mol. The van der Waals surface area contributed by atoms with Gasteiger partial charge in [0.15, 0.2) is 5.13 Å². The predicted molar refractivity (Wildman–Crippen MR) is 86.9 cm³/mol. The molecule has 0 aromatic carbocycles. The lowest BCUT2D eigenvalue weighted by Gasteiger charge is -2.32. The SMILES string of the molecule is CN1CCN(c2nc(C3=CCCN(C)C3)c(Cl)s2)CC1. The topological polar surface area (TPSA) is 22.6 Å². The second kappa shape index (κ2) is 6.02. The third-order valence-electron chi connectivity index (χ3n) is 3.99. The molecule has 1 saturated heterocycles. The lowest BCUT2D eigenvalue weighted by molar-refractivity contribution is 0.312. The van der Waals surface area contributed by atoms with Crippen LogP contribution in [0.4, 0.5) is 5.13 Å². The average Bonchev–Trinajstić information content (AvgIpc) is 2.82. The highest BCUT2D eigenvalue weighted by Gasteiger charge is 2.22. The quantitative estimate of drug-likeness (QED) is 0.835. The van der Waals surface area contributed by atoms with E-state index in [0.29, 0.717) is 0 Å². The molecule has 1 aromatic rings. The normalized spacial score (nSPS) is 22.1. The van der Waals surface area contributed by atoms with E-state index in [1.807, 2.05) is 0 Å². The van der Waals surface area contributed by atoms with Crippen molar-refractivity contribution in [2.75, 3.05) is 58.3 Å². The first-order chi connectivity index (χ1) is 9.63. The Bertz CT molecular complexity index is 505. The van der Waals surface area contributed by atoms with E-state index in [0.717, 1.165) is 60.9 Å². The highest BCUT2D eigenvalue weighted by molar-refractivity contribution is 7.19. The Morgan fingerprint density at radius 2 is 1.85 bits per heavy atom. The van der Waals surface area contributed by atoms with E-state index in [1.165, 1.54) is 5.57 Å². The van der Waals surface area contributed by atoms with Crippen LogP contribution in [0.15, 0.2) is 6.08 Å². The van der Waals surface area contributed by atoms with Crippen molar-refractivity contribution in [1.82, 2.24) is 14.8 Å². The summed E-state index contributed by atoms with van der Waals surface area (Å²) in [5.41, 5.74) is 2.28. The van der Waals surface area contributed by atoms with Gasteiger partial charge in [0.1, 0.15) is 4.34 Å². The zero-order valence-electron chi connectivity index (χ0n) is 12.1. The van der Waals surface area contributed by atoms with Gasteiger partial charge in [-0.15, -0.1) is 0 Å². The van der Waals surface area contributed by atoms with Crippen molar-refractivity contribution >= 4 is 33.6 Å². The number of anilines is 1. The van der Waals surface area contributed by atoms with Crippen LogP contribution < -0.4 is 4.90 Å². The summed E-state index contributed by atoms with van der Waals surface area (Å²) in [7, 11) is 4.31. The molecular formula is C14H21ClN4S. The first-order valence-electron chi connectivity index (χ1n) is 7.11. The number of hydrogen-bond acceptors (Lipinski definition) is 5. The number of likely N-dealkylation sites (N-methyl/N-ethyl adjacent to an activating group) is 2. The maximum atomic E-state index is 6.43. The maximum Gasteiger partial charge on any atom is 0.187 e. The van der Waals surface area contributed by atoms with Gasteiger partial charge in [0.25, 0.3) is 0 Å². The van der Waals surface area contributed by atoms with Crippen molar-refractivity contribution in [3.63, 3.8) is 0 Å². The zero-order chi connectivity index (χ0) is 14.1. The number of piperazine rings is 1. The Hall–Kier alpha value is -0.620. The minimum absolute atomic E-state index is 0.834. The molecule has 0 aliphatic carbocycles. The maximum absolute atomic E-state index is 6.43. The molecule has 4 nitrogen and oxygen atoms in total. The zero-order valence-corrected chi connectivity index (χ0v) is 13.7. The Balaban J connectivity index is 1.79. The van der Waals surface area contributed by atoms with Crippen molar-refractivity contribution in [1.29, 1.82) is 0 Å². The van der Waals surface area contributed by atoms with E-state index in [4.69, 9.17) is 16.6 Å². The van der Waals surface area contributed by atoms with Gasteiger partial charge in [-0.2, -0.15) is 0 Å². The van der Waals surface area contributed by atoms with Gasteiger partial charge in [0, 0.05) is 39.3 Å². The highest BCUT2D eigenvalue weighted by Crippen LogP contribution is 2.35. The fourth-order valence-electron chi connectivity index (χ4n) is 2.69. The Morgan fingerprint density at radius 1 is 1.10 bits per heavy atom. The molecule has 2 aliphatic heterocycles. The number of aromatic nitrogens is 1. The van der Waals surface area contributed by atoms with Crippen molar-refractivity contribution in [2.24, 2.45) is 0 Å². The van der Waals surface area contributed by atoms with Gasteiger partial charge in [0.2, 0.25) is 0 Å². The number of hydrogen-bond donors (Lipinski definition) is 0. The minimum atomic E-state index is 0.834. The second-order valence-corrected chi connectivity index (χ2v) is 7.24. The van der Waals surface area contributed by atoms with E-state index < -0.39 is 0 Å². The smallest absolute Gasteiger partial charge is 0.187 e. The summed E-state index contributed by atoms with van der Waals surface area (Å²) in [5, 5.41) is 1.08. The summed E-state index contributed by atoms with van der Waals surface area (Å²) in [5.74, 6) is 0. The largest absolute Gasteiger partial charge is 0.345 e. The van der Waals surface area contributed by atoms with Crippen LogP contribution in [0, 0.1) is 0 Å². The highest BCUT2D eigenvalue weighted by atomic mass is 35.5. The van der Waals surface area contributed by atoms with Crippen LogP contribution >= 0.6 is 22.9 Å². The number of rotatable bonds is 2. The third kappa shape index (κ3) is 3.01. The molecule has 3 rings (SSSR count). The summed E-state index contributed by atoms with van der Waals surface area (Å²) in [6.07, 6.45) is 3.37. The molecule has 0 saturated carbocycles. The molecule has 110 valence electrons. The van der Waals surface area contributed by atoms with Crippen molar-refractivity contribution in [3.05, 3.63) is 16.1 Å². The van der Waals surface area contributed by atoms with E-state index in [1.54, 1.807) is 11.3 Å². The molecule has 0 bridgehead atoms.